The molecule has 0 aliphatic carbocycles. The second kappa shape index (κ2) is 11.9. The molecular formula is C26H35N3O6S2. The molecule has 0 spiro atoms. The van der Waals surface area contributed by atoms with Crippen LogP contribution in [0.1, 0.15) is 61.7 Å². The first-order chi connectivity index (χ1) is 17.7. The van der Waals surface area contributed by atoms with Crippen LogP contribution in [0.4, 0.5) is 5.69 Å². The fourth-order valence-corrected chi connectivity index (χ4v) is 7.86. The number of nitrogens with one attached hydrogen (secondary N) is 1. The summed E-state index contributed by atoms with van der Waals surface area (Å²) < 4.78 is 60.9. The highest BCUT2D eigenvalue weighted by molar-refractivity contribution is 7.89. The molecule has 2 aliphatic heterocycles. The normalized spacial score (nSPS) is 18.5. The number of methoxy groups -OCH3 is 1. The molecule has 0 unspecified atom stereocenters. The van der Waals surface area contributed by atoms with E-state index in [1.54, 1.807) is 0 Å². The van der Waals surface area contributed by atoms with Crippen LogP contribution >= 0.6 is 0 Å². The molecule has 11 heteroatoms. The molecule has 2 fully saturated rings. The van der Waals surface area contributed by atoms with Crippen molar-refractivity contribution in [3.05, 3.63) is 48.0 Å². The van der Waals surface area contributed by atoms with E-state index >= 15 is 0 Å². The van der Waals surface area contributed by atoms with Crippen molar-refractivity contribution in [2.24, 2.45) is 0 Å². The van der Waals surface area contributed by atoms with Crippen molar-refractivity contribution in [2.45, 2.75) is 61.2 Å². The lowest BCUT2D eigenvalue weighted by molar-refractivity contribution is 0.102. The van der Waals surface area contributed by atoms with Crippen LogP contribution in [0.5, 0.6) is 5.75 Å². The molecule has 2 aliphatic rings. The Morgan fingerprint density at radius 3 is 1.65 bits per heavy atom. The Kier molecular flexibility index (Phi) is 8.89. The smallest absolute Gasteiger partial charge is 0.259 e. The lowest BCUT2D eigenvalue weighted by atomic mass is 10.2. The molecule has 1 N–H and O–H groups in total. The highest BCUT2D eigenvalue weighted by atomic mass is 32.2. The van der Waals surface area contributed by atoms with Crippen molar-refractivity contribution in [2.75, 3.05) is 38.6 Å². The van der Waals surface area contributed by atoms with Gasteiger partial charge < -0.3 is 10.1 Å². The minimum atomic E-state index is -3.75. The zero-order chi connectivity index (χ0) is 26.5. The maximum atomic E-state index is 13.2. The topological polar surface area (TPSA) is 113 Å². The molecule has 9 nitrogen and oxygen atoms in total. The third kappa shape index (κ3) is 6.34. The number of nitrogens with zero attached hydrogens (tertiary/aromatic N) is 2. The van der Waals surface area contributed by atoms with Crippen LogP contribution in [-0.4, -0.2) is 64.6 Å². The van der Waals surface area contributed by atoms with Crippen LogP contribution < -0.4 is 10.1 Å². The van der Waals surface area contributed by atoms with Crippen molar-refractivity contribution in [1.82, 2.24) is 8.61 Å². The monoisotopic (exact) mass is 549 g/mol. The number of hydrogen-bond donors (Lipinski definition) is 1. The fourth-order valence-electron chi connectivity index (χ4n) is 4.80. The fraction of sp³-hybridized carbons (Fsp3) is 0.500. The van der Waals surface area contributed by atoms with Crippen molar-refractivity contribution in [3.63, 3.8) is 0 Å². The maximum Gasteiger partial charge on any atom is 0.259 e. The van der Waals surface area contributed by atoms with E-state index in [9.17, 15) is 21.6 Å². The van der Waals surface area contributed by atoms with Crippen LogP contribution in [-0.2, 0) is 20.0 Å². The summed E-state index contributed by atoms with van der Waals surface area (Å²) in [4.78, 5) is 13.4. The molecule has 2 aromatic carbocycles. The van der Waals surface area contributed by atoms with Crippen molar-refractivity contribution in [1.29, 1.82) is 0 Å². The van der Waals surface area contributed by atoms with Gasteiger partial charge in [0.25, 0.3) is 5.91 Å². The Morgan fingerprint density at radius 1 is 0.703 bits per heavy atom. The predicted molar refractivity (Wildman–Crippen MR) is 142 cm³/mol. The van der Waals surface area contributed by atoms with Gasteiger partial charge in [0.15, 0.2) is 0 Å². The summed E-state index contributed by atoms with van der Waals surface area (Å²) in [5.74, 6) is -0.305. The van der Waals surface area contributed by atoms with Gasteiger partial charge in [0.1, 0.15) is 5.75 Å². The summed E-state index contributed by atoms with van der Waals surface area (Å²) in [5.41, 5.74) is 0.474. The first kappa shape index (κ1) is 27.6. The highest BCUT2D eigenvalue weighted by Gasteiger charge is 2.28. The van der Waals surface area contributed by atoms with E-state index < -0.39 is 26.0 Å². The minimum absolute atomic E-state index is 0.0410. The number of anilines is 1. The van der Waals surface area contributed by atoms with Crippen LogP contribution in [0, 0.1) is 0 Å². The van der Waals surface area contributed by atoms with Gasteiger partial charge in [-0.25, -0.2) is 16.8 Å². The Balaban J connectivity index is 1.53. The first-order valence-corrected chi connectivity index (χ1v) is 15.7. The lowest BCUT2D eigenvalue weighted by Gasteiger charge is -2.21. The number of benzene rings is 2. The lowest BCUT2D eigenvalue weighted by Crippen LogP contribution is -2.32. The van der Waals surface area contributed by atoms with Crippen LogP contribution in [0.15, 0.2) is 52.3 Å². The largest absolute Gasteiger partial charge is 0.496 e. The van der Waals surface area contributed by atoms with E-state index in [0.717, 1.165) is 51.4 Å². The SMILES string of the molecule is COc1ccc(S(=O)(=O)N2CCCCCC2)cc1C(=O)Nc1ccc(S(=O)(=O)N2CCCCCC2)cc1. The van der Waals surface area contributed by atoms with Gasteiger partial charge in [0.05, 0.1) is 22.5 Å². The molecule has 4 rings (SSSR count). The van der Waals surface area contributed by atoms with Crippen LogP contribution in [0.3, 0.4) is 0 Å². The molecule has 0 atom stereocenters. The van der Waals surface area contributed by atoms with Crippen LogP contribution in [0.25, 0.3) is 0 Å². The summed E-state index contributed by atoms with van der Waals surface area (Å²) in [5, 5.41) is 2.73. The van der Waals surface area contributed by atoms with E-state index in [2.05, 4.69) is 5.32 Å². The second-order valence-electron chi connectivity index (χ2n) is 9.48. The molecular weight excluding hydrogens is 514 g/mol. The minimum Gasteiger partial charge on any atom is -0.496 e. The molecule has 0 aromatic heterocycles. The highest BCUT2D eigenvalue weighted by Crippen LogP contribution is 2.28. The number of hydrogen-bond acceptors (Lipinski definition) is 6. The summed E-state index contributed by atoms with van der Waals surface area (Å²) in [6.45, 7) is 1.94. The quantitative estimate of drug-likeness (QED) is 0.557. The standard InChI is InChI=1S/C26H35N3O6S2/c1-35-25-15-14-23(37(33,34)29-18-8-4-5-9-19-29)20-24(25)26(30)27-21-10-12-22(13-11-21)36(31,32)28-16-6-2-3-7-17-28/h10-15,20H,2-9,16-19H2,1H3,(H,27,30). The molecule has 2 saturated heterocycles. The zero-order valence-corrected chi connectivity index (χ0v) is 22.8. The summed E-state index contributed by atoms with van der Waals surface area (Å²) >= 11 is 0. The van der Waals surface area contributed by atoms with Gasteiger partial charge >= 0.3 is 0 Å². The Bertz CT molecular complexity index is 1290. The van der Waals surface area contributed by atoms with E-state index in [-0.39, 0.29) is 21.1 Å². The van der Waals surface area contributed by atoms with Crippen LogP contribution in [0.2, 0.25) is 0 Å². The number of sulfonamides is 2. The molecule has 0 saturated carbocycles. The van der Waals surface area contributed by atoms with Crippen molar-refractivity contribution >= 4 is 31.6 Å². The number of ether oxygens (including phenoxy) is 1. The molecule has 1 amide bonds. The molecule has 2 heterocycles. The molecule has 37 heavy (non-hydrogen) atoms. The molecule has 0 radical (unpaired) electrons. The van der Waals surface area contributed by atoms with E-state index in [4.69, 9.17) is 4.74 Å². The van der Waals surface area contributed by atoms with Crippen molar-refractivity contribution < 1.29 is 26.4 Å². The van der Waals surface area contributed by atoms with E-state index in [1.807, 2.05) is 0 Å². The third-order valence-electron chi connectivity index (χ3n) is 6.93. The van der Waals surface area contributed by atoms with Gasteiger partial charge in [-0.05, 0) is 68.1 Å². The third-order valence-corrected chi connectivity index (χ3v) is 10.7. The average Bonchev–Trinajstić information content (AvgIpc) is 3.35. The number of carbonyl (C=O) groups excluding carboxylic acids is 1. The summed E-state index contributed by atoms with van der Waals surface area (Å²) in [6, 6.07) is 10.3. The molecule has 202 valence electrons. The Morgan fingerprint density at radius 2 is 1.16 bits per heavy atom. The Labute approximate surface area is 219 Å². The Hall–Kier alpha value is -2.47. The predicted octanol–water partition coefficient (Wildman–Crippen LogP) is 4.08. The van der Waals surface area contributed by atoms with Gasteiger partial charge in [0, 0.05) is 31.9 Å². The molecule has 2 aromatic rings. The number of rotatable bonds is 7. The van der Waals surface area contributed by atoms with Gasteiger partial charge in [-0.1, -0.05) is 25.7 Å². The van der Waals surface area contributed by atoms with Gasteiger partial charge in [-0.2, -0.15) is 8.61 Å². The number of amides is 1. The first-order valence-electron chi connectivity index (χ1n) is 12.8. The summed E-state index contributed by atoms with van der Waals surface area (Å²) in [7, 11) is -5.93. The van der Waals surface area contributed by atoms with E-state index in [1.165, 1.54) is 58.2 Å². The average molecular weight is 550 g/mol. The maximum absolute atomic E-state index is 13.2. The molecule has 0 bridgehead atoms. The zero-order valence-electron chi connectivity index (χ0n) is 21.2. The van der Waals surface area contributed by atoms with Gasteiger partial charge in [0.2, 0.25) is 20.0 Å². The number of carbonyl (C=O) groups is 1. The van der Waals surface area contributed by atoms with Gasteiger partial charge in [-0.15, -0.1) is 0 Å². The van der Waals surface area contributed by atoms with Gasteiger partial charge in [-0.3, -0.25) is 4.79 Å². The van der Waals surface area contributed by atoms with E-state index in [0.29, 0.717) is 31.9 Å². The van der Waals surface area contributed by atoms with Crippen molar-refractivity contribution in [3.8, 4) is 5.75 Å². The summed E-state index contributed by atoms with van der Waals surface area (Å²) in [6.07, 6.45) is 7.38. The second-order valence-corrected chi connectivity index (χ2v) is 13.4.